The normalized spacial score (nSPS) is 10.9. The van der Waals surface area contributed by atoms with Gasteiger partial charge in [-0.2, -0.15) is 0 Å². The number of esters is 1. The van der Waals surface area contributed by atoms with E-state index in [2.05, 4.69) is 24.4 Å². The number of carbonyl (C=O) groups is 2. The van der Waals surface area contributed by atoms with E-state index in [1.54, 1.807) is 0 Å². The molecule has 0 heterocycles. The van der Waals surface area contributed by atoms with Gasteiger partial charge in [-0.05, 0) is 50.3 Å². The summed E-state index contributed by atoms with van der Waals surface area (Å²) in [4.78, 5) is 23.0. The molecule has 0 aromatic heterocycles. The maximum Gasteiger partial charge on any atom is 0.338 e. The first kappa shape index (κ1) is 23.7. The Hall–Kier alpha value is -2.30. The van der Waals surface area contributed by atoms with Gasteiger partial charge in [0.15, 0.2) is 0 Å². The Kier molecular flexibility index (Phi) is 12.5. The number of rotatable bonds is 14. The van der Waals surface area contributed by atoms with Gasteiger partial charge in [0.25, 0.3) is 0 Å². The molecule has 0 aliphatic rings. The fourth-order valence-corrected chi connectivity index (χ4v) is 2.84. The van der Waals surface area contributed by atoms with Gasteiger partial charge < -0.3 is 15.2 Å². The first-order chi connectivity index (χ1) is 13.5. The summed E-state index contributed by atoms with van der Waals surface area (Å²) in [6.07, 6.45) is 16.3. The lowest BCUT2D eigenvalue weighted by molar-refractivity contribution is -0.114. The number of benzene rings is 1. The molecule has 0 bridgehead atoms. The monoisotopic (exact) mass is 389 g/mol. The molecule has 1 rings (SSSR count). The minimum Gasteiger partial charge on any atom is -0.506 e. The number of aromatic hydroxyl groups is 1. The van der Waals surface area contributed by atoms with Crippen LogP contribution in [0.5, 0.6) is 5.75 Å². The van der Waals surface area contributed by atoms with E-state index >= 15 is 0 Å². The zero-order valence-electron chi connectivity index (χ0n) is 17.3. The first-order valence-electron chi connectivity index (χ1n) is 10.5. The number of hydrogen-bond acceptors (Lipinski definition) is 4. The Morgan fingerprint density at radius 3 is 2.25 bits per heavy atom. The van der Waals surface area contributed by atoms with Gasteiger partial charge >= 0.3 is 5.97 Å². The number of phenolic OH excluding ortho intramolecular Hbond substituents is 1. The van der Waals surface area contributed by atoms with Crippen molar-refractivity contribution in [3.05, 3.63) is 35.9 Å². The van der Waals surface area contributed by atoms with Crippen LogP contribution in [0.3, 0.4) is 0 Å². The molecular formula is C23H35NO4. The van der Waals surface area contributed by atoms with Crippen molar-refractivity contribution in [2.24, 2.45) is 0 Å². The summed E-state index contributed by atoms with van der Waals surface area (Å²) in [5.41, 5.74) is 0.551. The molecule has 5 heteroatoms. The number of amides is 1. The Balaban J connectivity index is 2.10. The fourth-order valence-electron chi connectivity index (χ4n) is 2.84. The van der Waals surface area contributed by atoms with Crippen LogP contribution in [0.25, 0.3) is 0 Å². The summed E-state index contributed by atoms with van der Waals surface area (Å²) in [6.45, 7) is 3.96. The molecule has 2 N–H and O–H groups in total. The molecule has 0 aliphatic carbocycles. The largest absolute Gasteiger partial charge is 0.506 e. The van der Waals surface area contributed by atoms with Crippen LogP contribution in [-0.2, 0) is 9.53 Å². The average Bonchev–Trinajstić information content (AvgIpc) is 2.66. The van der Waals surface area contributed by atoms with Crippen molar-refractivity contribution in [1.29, 1.82) is 0 Å². The molecule has 0 atom stereocenters. The van der Waals surface area contributed by atoms with Crippen LogP contribution in [0.4, 0.5) is 5.69 Å². The molecule has 28 heavy (non-hydrogen) atoms. The molecule has 0 unspecified atom stereocenters. The molecule has 0 saturated heterocycles. The lowest BCUT2D eigenvalue weighted by Gasteiger charge is -2.08. The average molecular weight is 390 g/mol. The lowest BCUT2D eigenvalue weighted by atomic mass is 10.1. The maximum atomic E-state index is 12.0. The number of hydrogen-bond donors (Lipinski definition) is 2. The van der Waals surface area contributed by atoms with E-state index in [-0.39, 0.29) is 22.9 Å². The molecule has 0 spiro atoms. The molecule has 1 amide bonds. The van der Waals surface area contributed by atoms with Gasteiger partial charge in [-0.15, -0.1) is 0 Å². The third-order valence-corrected chi connectivity index (χ3v) is 4.43. The highest BCUT2D eigenvalue weighted by Gasteiger charge is 2.11. The van der Waals surface area contributed by atoms with Gasteiger partial charge in [0.05, 0.1) is 17.9 Å². The zero-order valence-corrected chi connectivity index (χ0v) is 17.3. The van der Waals surface area contributed by atoms with Gasteiger partial charge in [0, 0.05) is 6.92 Å². The first-order valence-corrected chi connectivity index (χ1v) is 10.5. The highest BCUT2D eigenvalue weighted by atomic mass is 16.5. The number of allylic oxidation sites excluding steroid dienone is 2. The number of ether oxygens (including phenoxy) is 1. The van der Waals surface area contributed by atoms with Crippen LogP contribution < -0.4 is 5.32 Å². The maximum absolute atomic E-state index is 12.0. The van der Waals surface area contributed by atoms with Gasteiger partial charge in [-0.3, -0.25) is 4.79 Å². The van der Waals surface area contributed by atoms with Crippen LogP contribution in [0.15, 0.2) is 30.4 Å². The number of phenols is 1. The van der Waals surface area contributed by atoms with E-state index in [0.29, 0.717) is 6.61 Å². The van der Waals surface area contributed by atoms with E-state index in [0.717, 1.165) is 32.1 Å². The molecule has 0 radical (unpaired) electrons. The lowest BCUT2D eigenvalue weighted by Crippen LogP contribution is -2.08. The number of nitrogens with one attached hydrogen (secondary N) is 1. The minimum atomic E-state index is -0.462. The molecule has 0 saturated carbocycles. The Morgan fingerprint density at radius 2 is 1.64 bits per heavy atom. The van der Waals surface area contributed by atoms with Gasteiger partial charge in [-0.25, -0.2) is 4.79 Å². The van der Waals surface area contributed by atoms with E-state index in [1.807, 2.05) is 0 Å². The van der Waals surface area contributed by atoms with Gasteiger partial charge in [0.1, 0.15) is 5.75 Å². The summed E-state index contributed by atoms with van der Waals surface area (Å²) in [5, 5.41) is 12.3. The standard InChI is InChI=1S/C23H35NO4/c1-3-4-5-6-7-8-9-10-11-12-13-14-17-28-23(27)20-15-16-21(22(26)18-20)24-19(2)25/h8-9,15-16,18,26H,3-7,10-14,17H2,1-2H3,(H,24,25)/b9-8-. The second-order valence-electron chi connectivity index (χ2n) is 7.07. The summed E-state index contributed by atoms with van der Waals surface area (Å²) < 4.78 is 5.24. The molecule has 1 aromatic rings. The fraction of sp³-hybridized carbons (Fsp3) is 0.565. The summed E-state index contributed by atoms with van der Waals surface area (Å²) in [5.74, 6) is -0.896. The smallest absolute Gasteiger partial charge is 0.338 e. The highest BCUT2D eigenvalue weighted by Crippen LogP contribution is 2.24. The summed E-state index contributed by atoms with van der Waals surface area (Å²) in [7, 11) is 0. The molecular weight excluding hydrogens is 354 g/mol. The molecule has 156 valence electrons. The van der Waals surface area contributed by atoms with Crippen LogP contribution in [0.1, 0.15) is 88.4 Å². The summed E-state index contributed by atoms with van der Waals surface area (Å²) >= 11 is 0. The quantitative estimate of drug-likeness (QED) is 0.177. The third kappa shape index (κ3) is 10.8. The van der Waals surface area contributed by atoms with Gasteiger partial charge in [-0.1, -0.05) is 51.2 Å². The number of carbonyl (C=O) groups excluding carboxylic acids is 2. The van der Waals surface area contributed by atoms with Crippen molar-refractivity contribution in [3.8, 4) is 5.75 Å². The third-order valence-electron chi connectivity index (χ3n) is 4.43. The van der Waals surface area contributed by atoms with Crippen molar-refractivity contribution < 1.29 is 19.4 Å². The molecule has 5 nitrogen and oxygen atoms in total. The van der Waals surface area contributed by atoms with Crippen molar-refractivity contribution in [2.45, 2.75) is 78.1 Å². The van der Waals surface area contributed by atoms with Crippen molar-refractivity contribution in [1.82, 2.24) is 0 Å². The zero-order chi connectivity index (χ0) is 20.6. The summed E-state index contributed by atoms with van der Waals surface area (Å²) in [6, 6.07) is 4.33. The van der Waals surface area contributed by atoms with Crippen molar-refractivity contribution in [2.75, 3.05) is 11.9 Å². The molecule has 1 aromatic carbocycles. The Bertz CT molecular complexity index is 625. The SMILES string of the molecule is CCCCCC/C=C\CCCCCCOC(=O)c1ccc(NC(C)=O)c(O)c1. The number of anilines is 1. The highest BCUT2D eigenvalue weighted by molar-refractivity contribution is 5.94. The van der Waals surface area contributed by atoms with E-state index in [4.69, 9.17) is 4.74 Å². The molecule has 0 aliphatic heterocycles. The van der Waals surface area contributed by atoms with Gasteiger partial charge in [0.2, 0.25) is 5.91 Å². The van der Waals surface area contributed by atoms with Crippen LogP contribution in [0.2, 0.25) is 0 Å². The predicted octanol–water partition coefficient (Wildman–Crippen LogP) is 5.98. The van der Waals surface area contributed by atoms with Crippen LogP contribution in [-0.4, -0.2) is 23.6 Å². The predicted molar refractivity (Wildman–Crippen MR) is 114 cm³/mol. The van der Waals surface area contributed by atoms with E-state index < -0.39 is 5.97 Å². The molecule has 0 fully saturated rings. The second-order valence-corrected chi connectivity index (χ2v) is 7.07. The topological polar surface area (TPSA) is 75.6 Å². The van der Waals surface area contributed by atoms with Crippen LogP contribution in [0, 0.1) is 0 Å². The van der Waals surface area contributed by atoms with E-state index in [1.165, 1.54) is 57.2 Å². The Morgan fingerprint density at radius 1 is 1.00 bits per heavy atom. The number of unbranched alkanes of at least 4 members (excludes halogenated alkanes) is 8. The second kappa shape index (κ2) is 14.7. The van der Waals surface area contributed by atoms with E-state index in [9.17, 15) is 14.7 Å². The van der Waals surface area contributed by atoms with Crippen LogP contribution >= 0.6 is 0 Å². The van der Waals surface area contributed by atoms with Crippen molar-refractivity contribution in [3.63, 3.8) is 0 Å². The minimum absolute atomic E-state index is 0.150. The Labute approximate surface area is 169 Å². The van der Waals surface area contributed by atoms with Crippen molar-refractivity contribution >= 4 is 17.6 Å².